The molecule has 1 fully saturated rings. The molecule has 1 aliphatic heterocycles. The molecule has 1 saturated heterocycles. The minimum atomic E-state index is -4.46. The van der Waals surface area contributed by atoms with Gasteiger partial charge in [-0.3, -0.25) is 4.90 Å². The van der Waals surface area contributed by atoms with E-state index in [1.165, 1.54) is 6.07 Å². The van der Waals surface area contributed by atoms with Gasteiger partial charge in [-0.2, -0.15) is 13.2 Å². The first-order valence-electron chi connectivity index (χ1n) is 9.56. The highest BCUT2D eigenvalue weighted by molar-refractivity contribution is 5.68. The zero-order valence-corrected chi connectivity index (χ0v) is 16.4. The summed E-state index contributed by atoms with van der Waals surface area (Å²) in [5, 5.41) is 3.97. The van der Waals surface area contributed by atoms with Crippen LogP contribution in [0.4, 0.5) is 13.2 Å². The number of morpholine rings is 1. The molecule has 4 rings (SSSR count). The van der Waals surface area contributed by atoms with E-state index in [4.69, 9.17) is 14.0 Å². The van der Waals surface area contributed by atoms with Crippen molar-refractivity contribution in [2.24, 2.45) is 0 Å². The lowest BCUT2D eigenvalue weighted by atomic mass is 10.0. The van der Waals surface area contributed by atoms with Gasteiger partial charge in [0.2, 0.25) is 0 Å². The fourth-order valence-corrected chi connectivity index (χ4v) is 3.44. The predicted octanol–water partition coefficient (Wildman–Crippen LogP) is 4.87. The third kappa shape index (κ3) is 4.49. The van der Waals surface area contributed by atoms with Crippen molar-refractivity contribution in [3.63, 3.8) is 0 Å². The molecule has 5 nitrogen and oxygen atoms in total. The molecule has 0 unspecified atom stereocenters. The van der Waals surface area contributed by atoms with Crippen LogP contribution in [-0.2, 0) is 17.5 Å². The number of nitrogens with zero attached hydrogens (tertiary/aromatic N) is 2. The minimum absolute atomic E-state index is 0.231. The first-order chi connectivity index (χ1) is 14.4. The predicted molar refractivity (Wildman–Crippen MR) is 105 cm³/mol. The first-order valence-corrected chi connectivity index (χ1v) is 9.56. The van der Waals surface area contributed by atoms with E-state index in [-0.39, 0.29) is 12.1 Å². The third-order valence-electron chi connectivity index (χ3n) is 5.09. The van der Waals surface area contributed by atoms with Gasteiger partial charge < -0.3 is 14.0 Å². The molecule has 8 heteroatoms. The van der Waals surface area contributed by atoms with Gasteiger partial charge in [0.15, 0.2) is 5.76 Å². The Balaban J connectivity index is 1.62. The van der Waals surface area contributed by atoms with Crippen molar-refractivity contribution in [3.05, 3.63) is 59.7 Å². The second-order valence-electron chi connectivity index (χ2n) is 7.06. The van der Waals surface area contributed by atoms with E-state index in [0.717, 1.165) is 11.6 Å². The molecule has 0 radical (unpaired) electrons. The summed E-state index contributed by atoms with van der Waals surface area (Å²) in [5.41, 5.74) is 1.06. The van der Waals surface area contributed by atoms with Crippen LogP contribution in [0, 0.1) is 0 Å². The van der Waals surface area contributed by atoms with E-state index in [2.05, 4.69) is 5.16 Å². The fourth-order valence-electron chi connectivity index (χ4n) is 3.44. The van der Waals surface area contributed by atoms with Crippen LogP contribution >= 0.6 is 0 Å². The molecule has 2 heterocycles. The second-order valence-corrected chi connectivity index (χ2v) is 7.06. The van der Waals surface area contributed by atoms with E-state index in [9.17, 15) is 13.2 Å². The Morgan fingerprint density at radius 3 is 2.37 bits per heavy atom. The Morgan fingerprint density at radius 2 is 1.70 bits per heavy atom. The van der Waals surface area contributed by atoms with Crippen LogP contribution in [-0.4, -0.2) is 43.5 Å². The standard InChI is InChI=1S/C22H21F3N2O3/c1-28-18-6-4-15(5-7-18)21-13-20(26-30-21)16-2-3-17(19(12-16)22(23,24)25)14-27-8-10-29-11-9-27/h2-7,12-13H,8-11,14H2,1H3. The quantitative estimate of drug-likeness (QED) is 0.592. The number of aromatic nitrogens is 1. The molecular weight excluding hydrogens is 397 g/mol. The van der Waals surface area contributed by atoms with Gasteiger partial charge in [0, 0.05) is 36.8 Å². The highest BCUT2D eigenvalue weighted by atomic mass is 19.4. The summed E-state index contributed by atoms with van der Waals surface area (Å²) in [7, 11) is 1.57. The minimum Gasteiger partial charge on any atom is -0.497 e. The van der Waals surface area contributed by atoms with Crippen molar-refractivity contribution >= 4 is 0 Å². The molecule has 0 N–H and O–H groups in total. The molecule has 3 aromatic rings. The average Bonchev–Trinajstić information content (AvgIpc) is 3.24. The largest absolute Gasteiger partial charge is 0.497 e. The zero-order chi connectivity index (χ0) is 21.1. The van der Waals surface area contributed by atoms with Crippen LogP contribution in [0.15, 0.2) is 53.1 Å². The molecule has 0 amide bonds. The van der Waals surface area contributed by atoms with Gasteiger partial charge in [-0.25, -0.2) is 0 Å². The summed E-state index contributed by atoms with van der Waals surface area (Å²) >= 11 is 0. The molecule has 0 atom stereocenters. The normalized spacial score (nSPS) is 15.3. The molecular formula is C22H21F3N2O3. The number of ether oxygens (including phenoxy) is 2. The Morgan fingerprint density at radius 1 is 1.00 bits per heavy atom. The third-order valence-corrected chi connectivity index (χ3v) is 5.09. The Kier molecular flexibility index (Phi) is 5.78. The zero-order valence-electron chi connectivity index (χ0n) is 16.4. The summed E-state index contributed by atoms with van der Waals surface area (Å²) in [6, 6.07) is 13.1. The van der Waals surface area contributed by atoms with Crippen LogP contribution in [0.3, 0.4) is 0 Å². The van der Waals surface area contributed by atoms with Crippen molar-refractivity contribution in [1.82, 2.24) is 10.1 Å². The van der Waals surface area contributed by atoms with Crippen molar-refractivity contribution in [1.29, 1.82) is 0 Å². The van der Waals surface area contributed by atoms with E-state index in [0.29, 0.717) is 49.1 Å². The van der Waals surface area contributed by atoms with E-state index < -0.39 is 11.7 Å². The maximum absolute atomic E-state index is 13.7. The SMILES string of the molecule is COc1ccc(-c2cc(-c3ccc(CN4CCOCC4)c(C(F)(F)F)c3)no2)cc1. The number of hydrogen-bond acceptors (Lipinski definition) is 5. The smallest absolute Gasteiger partial charge is 0.416 e. The number of alkyl halides is 3. The fraction of sp³-hybridized carbons (Fsp3) is 0.318. The number of halogens is 3. The first kappa shape index (κ1) is 20.4. The topological polar surface area (TPSA) is 47.7 Å². The summed E-state index contributed by atoms with van der Waals surface area (Å²) < 4.78 is 57.0. The van der Waals surface area contributed by atoms with E-state index >= 15 is 0 Å². The van der Waals surface area contributed by atoms with E-state index in [1.807, 2.05) is 4.90 Å². The lowest BCUT2D eigenvalue weighted by molar-refractivity contribution is -0.138. The van der Waals surface area contributed by atoms with Gasteiger partial charge in [-0.15, -0.1) is 0 Å². The number of hydrogen-bond donors (Lipinski definition) is 0. The number of methoxy groups -OCH3 is 1. The molecule has 0 bridgehead atoms. The van der Waals surface area contributed by atoms with Crippen molar-refractivity contribution in [3.8, 4) is 28.3 Å². The van der Waals surface area contributed by atoms with Crippen LogP contribution < -0.4 is 4.74 Å². The summed E-state index contributed by atoms with van der Waals surface area (Å²) in [5.74, 6) is 1.17. The molecule has 0 aliphatic carbocycles. The summed E-state index contributed by atoms with van der Waals surface area (Å²) in [6.07, 6.45) is -4.46. The van der Waals surface area contributed by atoms with Crippen LogP contribution in [0.25, 0.3) is 22.6 Å². The number of benzene rings is 2. The second kappa shape index (κ2) is 8.49. The van der Waals surface area contributed by atoms with E-state index in [1.54, 1.807) is 43.5 Å². The van der Waals surface area contributed by atoms with Crippen LogP contribution in [0.5, 0.6) is 5.75 Å². The number of rotatable bonds is 5. The van der Waals surface area contributed by atoms with Crippen LogP contribution in [0.2, 0.25) is 0 Å². The summed E-state index contributed by atoms with van der Waals surface area (Å²) in [6.45, 7) is 2.54. The highest BCUT2D eigenvalue weighted by Crippen LogP contribution is 2.36. The molecule has 1 aromatic heterocycles. The Hall–Kier alpha value is -2.84. The maximum atomic E-state index is 13.7. The lowest BCUT2D eigenvalue weighted by Crippen LogP contribution is -2.36. The maximum Gasteiger partial charge on any atom is 0.416 e. The van der Waals surface area contributed by atoms with Crippen molar-refractivity contribution in [2.75, 3.05) is 33.4 Å². The van der Waals surface area contributed by atoms with Gasteiger partial charge >= 0.3 is 6.18 Å². The Labute approximate surface area is 172 Å². The molecule has 158 valence electrons. The molecule has 0 spiro atoms. The summed E-state index contributed by atoms with van der Waals surface area (Å²) in [4.78, 5) is 1.96. The highest BCUT2D eigenvalue weighted by Gasteiger charge is 2.34. The van der Waals surface area contributed by atoms with Gasteiger partial charge in [-0.1, -0.05) is 17.3 Å². The lowest BCUT2D eigenvalue weighted by Gasteiger charge is -2.27. The molecule has 0 saturated carbocycles. The average molecular weight is 418 g/mol. The monoisotopic (exact) mass is 418 g/mol. The van der Waals surface area contributed by atoms with Gasteiger partial charge in [0.05, 0.1) is 25.9 Å². The Bertz CT molecular complexity index is 994. The van der Waals surface area contributed by atoms with Gasteiger partial charge in [-0.05, 0) is 35.9 Å². The van der Waals surface area contributed by atoms with Gasteiger partial charge in [0.25, 0.3) is 0 Å². The van der Waals surface area contributed by atoms with Crippen molar-refractivity contribution in [2.45, 2.75) is 12.7 Å². The van der Waals surface area contributed by atoms with Crippen molar-refractivity contribution < 1.29 is 27.2 Å². The van der Waals surface area contributed by atoms with Gasteiger partial charge in [0.1, 0.15) is 11.4 Å². The molecule has 1 aliphatic rings. The van der Waals surface area contributed by atoms with Crippen LogP contribution in [0.1, 0.15) is 11.1 Å². The molecule has 2 aromatic carbocycles. The molecule has 30 heavy (non-hydrogen) atoms.